The first-order valence-corrected chi connectivity index (χ1v) is 5.14. The third kappa shape index (κ3) is 3.54. The van der Waals surface area contributed by atoms with Gasteiger partial charge >= 0.3 is 0 Å². The summed E-state index contributed by atoms with van der Waals surface area (Å²) in [4.78, 5) is 0. The molecule has 0 aliphatic rings. The zero-order valence-electron chi connectivity index (χ0n) is 9.60. The zero-order chi connectivity index (χ0) is 12.0. The fraction of sp³-hybridized carbons (Fsp3) is 0.600. The van der Waals surface area contributed by atoms with Crippen LogP contribution in [0.25, 0.3) is 0 Å². The first kappa shape index (κ1) is 12.5. The molecule has 6 heteroatoms. The van der Waals surface area contributed by atoms with Crippen molar-refractivity contribution in [2.45, 2.75) is 26.8 Å². The molecule has 0 unspecified atom stereocenters. The van der Waals surface area contributed by atoms with Crippen LogP contribution in [-0.2, 0) is 6.54 Å². The molecule has 0 atom stereocenters. The normalized spacial score (nSPS) is 13.0. The first-order chi connectivity index (χ1) is 7.56. The largest absolute Gasteiger partial charge is 0.409 e. The van der Waals surface area contributed by atoms with Gasteiger partial charge in [0.05, 0.1) is 5.69 Å². The summed E-state index contributed by atoms with van der Waals surface area (Å²) < 4.78 is 4.71. The molecule has 4 N–H and O–H groups in total. The van der Waals surface area contributed by atoms with Crippen molar-refractivity contribution in [1.29, 1.82) is 0 Å². The van der Waals surface area contributed by atoms with Gasteiger partial charge in [0, 0.05) is 18.0 Å². The van der Waals surface area contributed by atoms with Crippen LogP contribution in [0.2, 0.25) is 0 Å². The third-order valence-corrected chi connectivity index (χ3v) is 2.53. The predicted molar refractivity (Wildman–Crippen MR) is 60.0 cm³/mol. The average molecular weight is 226 g/mol. The van der Waals surface area contributed by atoms with Crippen molar-refractivity contribution in [2.75, 3.05) is 6.54 Å². The van der Waals surface area contributed by atoms with Crippen LogP contribution in [0.3, 0.4) is 0 Å². The van der Waals surface area contributed by atoms with Gasteiger partial charge < -0.3 is 20.8 Å². The van der Waals surface area contributed by atoms with Crippen molar-refractivity contribution in [3.63, 3.8) is 0 Å². The Morgan fingerprint density at radius 2 is 2.44 bits per heavy atom. The molecule has 0 bridgehead atoms. The molecular formula is C10H18N4O2. The molecule has 1 heterocycles. The summed E-state index contributed by atoms with van der Waals surface area (Å²) in [6.45, 7) is 5.28. The van der Waals surface area contributed by atoms with Crippen molar-refractivity contribution in [3.8, 4) is 0 Å². The van der Waals surface area contributed by atoms with E-state index >= 15 is 0 Å². The number of hydrogen-bond acceptors (Lipinski definition) is 5. The molecule has 0 aromatic carbocycles. The van der Waals surface area contributed by atoms with Gasteiger partial charge in [-0.15, -0.1) is 0 Å². The van der Waals surface area contributed by atoms with Crippen LogP contribution in [0.5, 0.6) is 0 Å². The molecule has 0 radical (unpaired) electrons. The molecule has 16 heavy (non-hydrogen) atoms. The highest BCUT2D eigenvalue weighted by Gasteiger charge is 2.22. The fourth-order valence-electron chi connectivity index (χ4n) is 1.21. The number of oxime groups is 1. The summed E-state index contributed by atoms with van der Waals surface area (Å²) in [5, 5.41) is 18.6. The minimum Gasteiger partial charge on any atom is -0.409 e. The number of amidine groups is 1. The standard InChI is InChI=1S/C10H18N4O2/c1-10(2,9(11)13-15)4-5-12-7-8-3-6-16-14-8/h3,6,12,15H,4-5,7H2,1-2H3,(H2,11,13). The Morgan fingerprint density at radius 3 is 3.00 bits per heavy atom. The topological polar surface area (TPSA) is 96.7 Å². The highest BCUT2D eigenvalue weighted by molar-refractivity contribution is 5.85. The van der Waals surface area contributed by atoms with E-state index in [-0.39, 0.29) is 11.3 Å². The maximum Gasteiger partial charge on any atom is 0.144 e. The lowest BCUT2D eigenvalue weighted by Crippen LogP contribution is -2.34. The Balaban J connectivity index is 2.25. The van der Waals surface area contributed by atoms with Gasteiger partial charge in [-0.25, -0.2) is 0 Å². The molecule has 0 fully saturated rings. The molecule has 0 aliphatic heterocycles. The molecule has 0 saturated heterocycles. The summed E-state index contributed by atoms with van der Waals surface area (Å²) in [5.41, 5.74) is 6.12. The van der Waals surface area contributed by atoms with Gasteiger partial charge in [0.15, 0.2) is 0 Å². The quantitative estimate of drug-likeness (QED) is 0.220. The van der Waals surface area contributed by atoms with Crippen LogP contribution in [0, 0.1) is 5.41 Å². The Hall–Kier alpha value is -1.56. The van der Waals surface area contributed by atoms with E-state index in [0.29, 0.717) is 6.54 Å². The molecule has 0 amide bonds. The molecule has 6 nitrogen and oxygen atoms in total. The number of nitrogens with two attached hydrogens (primary N) is 1. The highest BCUT2D eigenvalue weighted by atomic mass is 16.5. The third-order valence-electron chi connectivity index (χ3n) is 2.53. The van der Waals surface area contributed by atoms with Gasteiger partial charge in [-0.2, -0.15) is 0 Å². The molecule has 0 aliphatic carbocycles. The molecule has 0 saturated carbocycles. The second-order valence-electron chi connectivity index (χ2n) is 4.29. The number of aromatic nitrogens is 1. The van der Waals surface area contributed by atoms with E-state index < -0.39 is 0 Å². The highest BCUT2D eigenvalue weighted by Crippen LogP contribution is 2.19. The van der Waals surface area contributed by atoms with Crippen LogP contribution in [-0.4, -0.2) is 22.7 Å². The average Bonchev–Trinajstić information content (AvgIpc) is 2.76. The van der Waals surface area contributed by atoms with E-state index in [4.69, 9.17) is 15.5 Å². The minimum absolute atomic E-state index is 0.246. The summed E-state index contributed by atoms with van der Waals surface area (Å²) in [5.74, 6) is 0.246. The Bertz CT molecular complexity index is 333. The number of hydrogen-bond donors (Lipinski definition) is 3. The number of nitrogens with one attached hydrogen (secondary N) is 1. The Morgan fingerprint density at radius 1 is 1.69 bits per heavy atom. The van der Waals surface area contributed by atoms with Crippen LogP contribution < -0.4 is 11.1 Å². The second kappa shape index (κ2) is 5.50. The molecule has 1 aromatic heterocycles. The summed E-state index contributed by atoms with van der Waals surface area (Å²) in [7, 11) is 0. The summed E-state index contributed by atoms with van der Waals surface area (Å²) >= 11 is 0. The lowest BCUT2D eigenvalue weighted by atomic mass is 9.88. The van der Waals surface area contributed by atoms with Crippen molar-refractivity contribution in [3.05, 3.63) is 18.0 Å². The number of rotatable bonds is 6. The maximum atomic E-state index is 8.60. The fourth-order valence-corrected chi connectivity index (χ4v) is 1.21. The van der Waals surface area contributed by atoms with Crippen LogP contribution in [0.4, 0.5) is 0 Å². The molecule has 0 spiro atoms. The van der Waals surface area contributed by atoms with Gasteiger partial charge in [-0.3, -0.25) is 0 Å². The molecule has 1 aromatic rings. The van der Waals surface area contributed by atoms with E-state index in [1.807, 2.05) is 19.9 Å². The van der Waals surface area contributed by atoms with Crippen molar-refractivity contribution >= 4 is 5.84 Å². The minimum atomic E-state index is -0.314. The lowest BCUT2D eigenvalue weighted by molar-refractivity contribution is 0.305. The van der Waals surface area contributed by atoms with Crippen molar-refractivity contribution < 1.29 is 9.73 Å². The van der Waals surface area contributed by atoms with Crippen LogP contribution in [0.15, 0.2) is 22.0 Å². The van der Waals surface area contributed by atoms with Crippen LogP contribution in [0.1, 0.15) is 26.0 Å². The Labute approximate surface area is 94.5 Å². The van der Waals surface area contributed by atoms with E-state index in [1.165, 1.54) is 6.26 Å². The van der Waals surface area contributed by atoms with Crippen LogP contribution >= 0.6 is 0 Å². The number of nitrogens with zero attached hydrogens (tertiary/aromatic N) is 2. The maximum absolute atomic E-state index is 8.60. The summed E-state index contributed by atoms with van der Waals surface area (Å²) in [6.07, 6.45) is 2.32. The van der Waals surface area contributed by atoms with Gasteiger partial charge in [-0.1, -0.05) is 24.2 Å². The van der Waals surface area contributed by atoms with E-state index in [1.54, 1.807) is 0 Å². The Kier molecular flexibility index (Phi) is 4.30. The molecule has 90 valence electrons. The van der Waals surface area contributed by atoms with E-state index in [0.717, 1.165) is 18.7 Å². The van der Waals surface area contributed by atoms with Gasteiger partial charge in [0.2, 0.25) is 0 Å². The SMILES string of the molecule is CC(C)(CCNCc1ccon1)/C(N)=N/O. The molecular weight excluding hydrogens is 208 g/mol. The molecule has 1 rings (SSSR count). The van der Waals surface area contributed by atoms with Gasteiger partial charge in [0.25, 0.3) is 0 Å². The second-order valence-corrected chi connectivity index (χ2v) is 4.29. The smallest absolute Gasteiger partial charge is 0.144 e. The predicted octanol–water partition coefficient (Wildman–Crippen LogP) is 0.927. The van der Waals surface area contributed by atoms with Crippen molar-refractivity contribution in [2.24, 2.45) is 16.3 Å². The van der Waals surface area contributed by atoms with E-state index in [9.17, 15) is 0 Å². The monoisotopic (exact) mass is 226 g/mol. The van der Waals surface area contributed by atoms with Gasteiger partial charge in [0.1, 0.15) is 12.1 Å². The summed E-state index contributed by atoms with van der Waals surface area (Å²) in [6, 6.07) is 1.81. The zero-order valence-corrected chi connectivity index (χ0v) is 9.60. The first-order valence-electron chi connectivity index (χ1n) is 5.14. The van der Waals surface area contributed by atoms with Gasteiger partial charge in [-0.05, 0) is 13.0 Å². The van der Waals surface area contributed by atoms with E-state index in [2.05, 4.69) is 15.6 Å². The lowest BCUT2D eigenvalue weighted by Gasteiger charge is -2.22. The van der Waals surface area contributed by atoms with Crippen molar-refractivity contribution in [1.82, 2.24) is 10.5 Å².